The summed E-state index contributed by atoms with van der Waals surface area (Å²) in [5, 5.41) is 0. The Bertz CT molecular complexity index is 7.61. The third-order valence-corrected chi connectivity index (χ3v) is 0. The van der Waals surface area contributed by atoms with Crippen LogP contribution in [0.1, 0.15) is 0 Å². The predicted octanol–water partition coefficient (Wildman–Crippen LogP) is -6.87. The maximum atomic E-state index is 0. The molecule has 0 spiro atoms. The molecule has 1 nitrogen and oxygen atoms in total. The van der Waals surface area contributed by atoms with Gasteiger partial charge in [-0.2, -0.15) is 0 Å². The van der Waals surface area contributed by atoms with Gasteiger partial charge in [0, 0.05) is 51.7 Å². The van der Waals surface area contributed by atoms with E-state index in [0.717, 1.165) is 0 Å². The van der Waals surface area contributed by atoms with Gasteiger partial charge in [0.1, 0.15) is 0 Å². The fraction of sp³-hybridized carbons (Fsp3) is 0. The van der Waals surface area contributed by atoms with E-state index >= 15 is 0 Å². The van der Waals surface area contributed by atoms with Crippen LogP contribution in [0.2, 0.25) is 0 Å². The van der Waals surface area contributed by atoms with Gasteiger partial charge in [-0.1, -0.05) is 0 Å². The Hall–Kier alpha value is 5.80. The molecule has 0 amide bonds. The molecule has 0 rings (SSSR count). The summed E-state index contributed by atoms with van der Waals surface area (Å²) in [6.07, 6.45) is 0. The van der Waals surface area contributed by atoms with Gasteiger partial charge in [0.15, 0.2) is 0 Å². The van der Waals surface area contributed by atoms with E-state index in [9.17, 15) is 0 Å². The first kappa shape index (κ1) is 30.8. The molecule has 0 bridgehead atoms. The summed E-state index contributed by atoms with van der Waals surface area (Å²) < 4.78 is 0. The smallest absolute Gasteiger partial charge is 1.00 e. The van der Waals surface area contributed by atoms with Gasteiger partial charge < -0.3 is 5.48 Å². The molecule has 0 aliphatic carbocycles. The number of rotatable bonds is 0. The Morgan fingerprint density at radius 3 is 0.600 bits per heavy atom. The number of hydrogen-bond donors (Lipinski definition) is 0. The summed E-state index contributed by atoms with van der Waals surface area (Å²) in [7, 11) is 0. The third-order valence-electron chi connectivity index (χ3n) is 0. The molecule has 0 atom stereocenters. The first-order valence-corrected chi connectivity index (χ1v) is 0. The largest absolute Gasteiger partial charge is 2.00 e. The van der Waals surface area contributed by atoms with Crippen molar-refractivity contribution in [3.63, 3.8) is 0 Å². The average Bonchev–Trinajstić information content (AvgIpc) is 0. The Kier molecular flexibility index (Phi) is 139. The van der Waals surface area contributed by atoms with Gasteiger partial charge in [0.2, 0.25) is 0 Å². The standard InChI is InChI=1S/2Cs.2In.O/q2*+1;;;-2. The quantitative estimate of drug-likeness (QED) is 0.310. The van der Waals surface area contributed by atoms with Crippen molar-refractivity contribution >= 4 is 51.7 Å². The molecule has 0 saturated carbocycles. The third kappa shape index (κ3) is 17.7. The molecule has 0 N–H and O–H groups in total. The van der Waals surface area contributed by atoms with Crippen molar-refractivity contribution in [1.82, 2.24) is 0 Å². The van der Waals surface area contributed by atoms with E-state index in [1.807, 2.05) is 0 Å². The Balaban J connectivity index is 0. The van der Waals surface area contributed by atoms with Gasteiger partial charge in [-0.15, -0.1) is 0 Å². The van der Waals surface area contributed by atoms with Crippen LogP contribution in [-0.4, -0.2) is 51.7 Å². The fourth-order valence-corrected chi connectivity index (χ4v) is 0. The summed E-state index contributed by atoms with van der Waals surface area (Å²) in [5.41, 5.74) is 0. The van der Waals surface area contributed by atoms with Crippen LogP contribution in [0.5, 0.6) is 0 Å². The molecule has 0 aliphatic rings. The van der Waals surface area contributed by atoms with Crippen LogP contribution in [0.15, 0.2) is 0 Å². The SMILES string of the molecule is [Cs+].[Cs+].[In].[In].[O-2]. The van der Waals surface area contributed by atoms with Gasteiger partial charge in [-0.3, -0.25) is 0 Å². The van der Waals surface area contributed by atoms with Crippen molar-refractivity contribution in [3.8, 4) is 0 Å². The Labute approximate surface area is 187 Å². The van der Waals surface area contributed by atoms with Crippen LogP contribution in [0.25, 0.3) is 0 Å². The molecule has 0 aliphatic heterocycles. The molecule has 0 unspecified atom stereocenters. The molecular weight excluding hydrogens is 511 g/mol. The van der Waals surface area contributed by atoms with E-state index < -0.39 is 0 Å². The van der Waals surface area contributed by atoms with Crippen LogP contribution in [0, 0.1) is 0 Å². The molecule has 14 valence electrons. The Morgan fingerprint density at radius 2 is 0.600 bits per heavy atom. The van der Waals surface area contributed by atoms with E-state index in [1.165, 1.54) is 0 Å². The van der Waals surface area contributed by atoms with Crippen molar-refractivity contribution in [2.75, 3.05) is 0 Å². The van der Waals surface area contributed by atoms with Crippen LogP contribution in [0.4, 0.5) is 0 Å². The number of hydrogen-bond acceptors (Lipinski definition) is 0. The van der Waals surface area contributed by atoms with E-state index in [4.69, 9.17) is 0 Å². The molecular formula is Cs2In2O. The molecule has 0 aromatic carbocycles. The van der Waals surface area contributed by atoms with E-state index in [2.05, 4.69) is 0 Å². The molecule has 0 aromatic rings. The van der Waals surface area contributed by atoms with Crippen molar-refractivity contribution in [1.29, 1.82) is 0 Å². The minimum absolute atomic E-state index is 0. The second-order valence-corrected chi connectivity index (χ2v) is 0. The minimum atomic E-state index is 0. The first-order chi connectivity index (χ1) is 0. The molecule has 6 radical (unpaired) electrons. The van der Waals surface area contributed by atoms with Crippen molar-refractivity contribution in [2.45, 2.75) is 0 Å². The van der Waals surface area contributed by atoms with E-state index in [1.54, 1.807) is 0 Å². The summed E-state index contributed by atoms with van der Waals surface area (Å²) in [4.78, 5) is 0. The maximum absolute atomic E-state index is 0. The van der Waals surface area contributed by atoms with Crippen molar-refractivity contribution < 1.29 is 143 Å². The van der Waals surface area contributed by atoms with Gasteiger partial charge in [0.05, 0.1) is 0 Å². The van der Waals surface area contributed by atoms with Gasteiger partial charge in [0.25, 0.3) is 0 Å². The van der Waals surface area contributed by atoms with E-state index in [-0.39, 0.29) is 195 Å². The zero-order chi connectivity index (χ0) is 0. The topological polar surface area (TPSA) is 28.5 Å². The van der Waals surface area contributed by atoms with Gasteiger partial charge in [-0.05, 0) is 0 Å². The minimum Gasteiger partial charge on any atom is -2.00 e. The normalized spacial score (nSPS) is 0. The van der Waals surface area contributed by atoms with Gasteiger partial charge >= 0.3 is 138 Å². The molecule has 0 heterocycles. The van der Waals surface area contributed by atoms with Crippen molar-refractivity contribution in [2.24, 2.45) is 0 Å². The van der Waals surface area contributed by atoms with Crippen molar-refractivity contribution in [3.05, 3.63) is 0 Å². The van der Waals surface area contributed by atoms with Crippen LogP contribution >= 0.6 is 0 Å². The van der Waals surface area contributed by atoms with E-state index in [0.29, 0.717) is 0 Å². The first-order valence-electron chi connectivity index (χ1n) is 0. The molecule has 0 fully saturated rings. The summed E-state index contributed by atoms with van der Waals surface area (Å²) >= 11 is 0. The molecule has 5 heteroatoms. The fourth-order valence-electron chi connectivity index (χ4n) is 0. The zero-order valence-electron chi connectivity index (χ0n) is 3.56. The van der Waals surface area contributed by atoms with Crippen LogP contribution in [0.3, 0.4) is 0 Å². The van der Waals surface area contributed by atoms with Gasteiger partial charge in [-0.25, -0.2) is 0 Å². The predicted molar refractivity (Wildman–Crippen MR) is 12.2 cm³/mol. The summed E-state index contributed by atoms with van der Waals surface area (Å²) in [5.74, 6) is 0. The molecule has 0 aromatic heterocycles. The average molecular weight is 511 g/mol. The summed E-state index contributed by atoms with van der Waals surface area (Å²) in [6.45, 7) is 0. The zero-order valence-corrected chi connectivity index (χ0v) is 22.7. The second kappa shape index (κ2) is 22.6. The monoisotopic (exact) mass is 512 g/mol. The molecule has 0 saturated heterocycles. The van der Waals surface area contributed by atoms with Crippen LogP contribution < -0.4 is 138 Å². The Morgan fingerprint density at radius 1 is 0.600 bits per heavy atom. The summed E-state index contributed by atoms with van der Waals surface area (Å²) in [6, 6.07) is 0. The maximum Gasteiger partial charge on any atom is 1.00 e. The second-order valence-electron chi connectivity index (χ2n) is 0. The van der Waals surface area contributed by atoms with Crippen LogP contribution in [-0.2, 0) is 5.48 Å². The molecule has 5 heavy (non-hydrogen) atoms.